The summed E-state index contributed by atoms with van der Waals surface area (Å²) in [7, 11) is 0. The van der Waals surface area contributed by atoms with Crippen molar-refractivity contribution in [3.05, 3.63) is 64.7 Å². The summed E-state index contributed by atoms with van der Waals surface area (Å²) < 4.78 is 11.2. The molecule has 38 heavy (non-hydrogen) atoms. The van der Waals surface area contributed by atoms with Crippen molar-refractivity contribution in [1.29, 1.82) is 0 Å². The Morgan fingerprint density at radius 3 is 2.58 bits per heavy atom. The minimum Gasteiger partial charge on any atom is -0.492 e. The lowest BCUT2D eigenvalue weighted by molar-refractivity contribution is -0.137. The summed E-state index contributed by atoms with van der Waals surface area (Å²) in [6.07, 6.45) is 0.800. The summed E-state index contributed by atoms with van der Waals surface area (Å²) >= 11 is 0. The van der Waals surface area contributed by atoms with Gasteiger partial charge in [0.25, 0.3) is 5.91 Å². The van der Waals surface area contributed by atoms with Crippen molar-refractivity contribution in [2.24, 2.45) is 0 Å². The maximum Gasteiger partial charge on any atom is 0.255 e. The number of benzene rings is 2. The van der Waals surface area contributed by atoms with Gasteiger partial charge in [0.05, 0.1) is 19.6 Å². The van der Waals surface area contributed by atoms with Crippen LogP contribution in [0.5, 0.6) is 5.75 Å². The molecule has 0 aromatic heterocycles. The Morgan fingerprint density at radius 2 is 1.82 bits per heavy atom. The van der Waals surface area contributed by atoms with Gasteiger partial charge in [-0.05, 0) is 41.3 Å². The number of imide groups is 1. The molecule has 10 heteroatoms. The van der Waals surface area contributed by atoms with Crippen LogP contribution in [0.1, 0.15) is 39.9 Å². The number of amides is 4. The molecule has 2 N–H and O–H groups in total. The predicted octanol–water partition coefficient (Wildman–Crippen LogP) is 1.02. The van der Waals surface area contributed by atoms with E-state index in [0.29, 0.717) is 31.7 Å². The molecule has 0 aliphatic carbocycles. The Morgan fingerprint density at radius 1 is 1.05 bits per heavy atom. The fourth-order valence-electron chi connectivity index (χ4n) is 5.01. The van der Waals surface area contributed by atoms with Crippen LogP contribution < -0.4 is 15.4 Å². The van der Waals surface area contributed by atoms with Gasteiger partial charge in [-0.3, -0.25) is 29.4 Å². The molecule has 1 atom stereocenters. The number of ether oxygens (including phenoxy) is 2. The minimum atomic E-state index is -0.641. The first-order chi connectivity index (χ1) is 18.5. The van der Waals surface area contributed by atoms with Crippen LogP contribution in [-0.2, 0) is 38.6 Å². The molecule has 4 amide bonds. The summed E-state index contributed by atoms with van der Waals surface area (Å²) in [6, 6.07) is 12.4. The number of nitrogens with zero attached hydrogens (tertiary/aromatic N) is 2. The van der Waals surface area contributed by atoms with E-state index in [1.54, 1.807) is 6.07 Å². The number of hydrogen-bond acceptors (Lipinski definition) is 7. The van der Waals surface area contributed by atoms with Crippen molar-refractivity contribution < 1.29 is 28.7 Å². The van der Waals surface area contributed by atoms with E-state index in [4.69, 9.17) is 9.47 Å². The number of carbonyl (C=O) groups is 4. The third-order valence-corrected chi connectivity index (χ3v) is 7.15. The van der Waals surface area contributed by atoms with Gasteiger partial charge in [0.2, 0.25) is 17.7 Å². The number of morpholine rings is 1. The van der Waals surface area contributed by atoms with E-state index in [0.717, 1.165) is 55.3 Å². The largest absolute Gasteiger partial charge is 0.492 e. The van der Waals surface area contributed by atoms with Crippen molar-refractivity contribution in [3.8, 4) is 5.75 Å². The number of rotatable bonds is 9. The molecular formula is C28H32N4O6. The molecule has 0 saturated carbocycles. The van der Waals surface area contributed by atoms with Gasteiger partial charge in [-0.25, -0.2) is 0 Å². The Balaban J connectivity index is 1.08. The lowest BCUT2D eigenvalue weighted by Gasteiger charge is -2.29. The fraction of sp³-hybridized carbons (Fsp3) is 0.429. The summed E-state index contributed by atoms with van der Waals surface area (Å²) in [5.74, 6) is -0.271. The molecule has 2 fully saturated rings. The molecule has 5 rings (SSSR count). The first-order valence-electron chi connectivity index (χ1n) is 13.0. The van der Waals surface area contributed by atoms with Gasteiger partial charge in [0, 0.05) is 44.7 Å². The zero-order valence-corrected chi connectivity index (χ0v) is 21.2. The van der Waals surface area contributed by atoms with Crippen molar-refractivity contribution in [2.45, 2.75) is 38.4 Å². The van der Waals surface area contributed by atoms with E-state index in [1.165, 1.54) is 4.90 Å². The third kappa shape index (κ3) is 6.20. The van der Waals surface area contributed by atoms with Crippen LogP contribution in [0.3, 0.4) is 0 Å². The maximum atomic E-state index is 12.8. The Hall–Kier alpha value is -3.76. The van der Waals surface area contributed by atoms with Crippen molar-refractivity contribution in [2.75, 3.05) is 39.5 Å². The molecule has 3 heterocycles. The third-order valence-electron chi connectivity index (χ3n) is 7.15. The average molecular weight is 521 g/mol. The van der Waals surface area contributed by atoms with Gasteiger partial charge in [-0.1, -0.05) is 24.3 Å². The van der Waals surface area contributed by atoms with Gasteiger partial charge in [0.1, 0.15) is 18.4 Å². The van der Waals surface area contributed by atoms with E-state index in [9.17, 15) is 19.2 Å². The first kappa shape index (κ1) is 25.9. The predicted molar refractivity (Wildman–Crippen MR) is 137 cm³/mol. The van der Waals surface area contributed by atoms with Crippen LogP contribution in [0.15, 0.2) is 42.5 Å². The summed E-state index contributed by atoms with van der Waals surface area (Å²) in [5, 5.41) is 5.25. The molecule has 0 radical (unpaired) electrons. The monoisotopic (exact) mass is 520 g/mol. The number of hydrogen-bond donors (Lipinski definition) is 2. The second kappa shape index (κ2) is 11.7. The highest BCUT2D eigenvalue weighted by Gasteiger charge is 2.39. The van der Waals surface area contributed by atoms with E-state index in [-0.39, 0.29) is 30.6 Å². The Bertz CT molecular complexity index is 1210. The molecule has 2 aromatic rings. The van der Waals surface area contributed by atoms with Crippen LogP contribution in [0.2, 0.25) is 0 Å². The normalized spacial score (nSPS) is 19.7. The van der Waals surface area contributed by atoms with Crippen molar-refractivity contribution >= 4 is 23.6 Å². The van der Waals surface area contributed by atoms with Crippen LogP contribution in [-0.4, -0.2) is 78.9 Å². The molecular weight excluding hydrogens is 488 g/mol. The van der Waals surface area contributed by atoms with E-state index >= 15 is 0 Å². The molecule has 1 unspecified atom stereocenters. The van der Waals surface area contributed by atoms with Crippen LogP contribution in [0.4, 0.5) is 0 Å². The standard InChI is InChI=1S/C28H32N4O6/c33-25-8-7-24(27(35)30-25)32-18-21-15-20(3-6-23(21)28(32)36)17-29-26(34)16-19-1-4-22(5-2-19)38-14-11-31-9-12-37-13-10-31/h1-6,15,24H,7-14,16-18H2,(H,29,34)(H,30,33,35). The van der Waals surface area contributed by atoms with Crippen LogP contribution >= 0.6 is 0 Å². The lowest BCUT2D eigenvalue weighted by Crippen LogP contribution is -2.52. The number of nitrogens with one attached hydrogen (secondary N) is 2. The van der Waals surface area contributed by atoms with Gasteiger partial charge in [-0.15, -0.1) is 0 Å². The lowest BCUT2D eigenvalue weighted by atomic mass is 10.0. The molecule has 10 nitrogen and oxygen atoms in total. The van der Waals surface area contributed by atoms with Crippen molar-refractivity contribution in [3.63, 3.8) is 0 Å². The molecule has 3 aliphatic rings. The number of piperidine rings is 1. The topological polar surface area (TPSA) is 117 Å². The van der Waals surface area contributed by atoms with Gasteiger partial charge < -0.3 is 19.7 Å². The number of fused-ring (bicyclic) bond motifs is 1. The molecule has 2 saturated heterocycles. The first-order valence-corrected chi connectivity index (χ1v) is 13.0. The highest BCUT2D eigenvalue weighted by Crippen LogP contribution is 2.28. The summed E-state index contributed by atoms with van der Waals surface area (Å²) in [6.45, 7) is 5.52. The number of carbonyl (C=O) groups excluding carboxylic acids is 4. The van der Waals surface area contributed by atoms with Crippen LogP contribution in [0, 0.1) is 0 Å². The minimum absolute atomic E-state index is 0.104. The Kier molecular flexibility index (Phi) is 8.00. The van der Waals surface area contributed by atoms with E-state index < -0.39 is 11.9 Å². The van der Waals surface area contributed by atoms with Gasteiger partial charge in [-0.2, -0.15) is 0 Å². The van der Waals surface area contributed by atoms with Gasteiger partial charge >= 0.3 is 0 Å². The highest BCUT2D eigenvalue weighted by atomic mass is 16.5. The molecule has 200 valence electrons. The van der Waals surface area contributed by atoms with Crippen LogP contribution in [0.25, 0.3) is 0 Å². The summed E-state index contributed by atoms with van der Waals surface area (Å²) in [4.78, 5) is 52.9. The second-order valence-electron chi connectivity index (χ2n) is 9.79. The molecule has 0 bridgehead atoms. The zero-order chi connectivity index (χ0) is 26.5. The second-order valence-corrected chi connectivity index (χ2v) is 9.79. The zero-order valence-electron chi connectivity index (χ0n) is 21.2. The summed E-state index contributed by atoms with van der Waals surface area (Å²) in [5.41, 5.74) is 3.13. The molecule has 0 spiro atoms. The van der Waals surface area contributed by atoms with E-state index in [2.05, 4.69) is 15.5 Å². The fourth-order valence-corrected chi connectivity index (χ4v) is 5.01. The van der Waals surface area contributed by atoms with Gasteiger partial charge in [0.15, 0.2) is 0 Å². The molecule has 2 aromatic carbocycles. The van der Waals surface area contributed by atoms with Crippen molar-refractivity contribution in [1.82, 2.24) is 20.4 Å². The SMILES string of the molecule is O=C(Cc1ccc(OCCN2CCOCC2)cc1)NCc1ccc2c(c1)CN(C1CCC(=O)NC1=O)C2=O. The average Bonchev–Trinajstić information content (AvgIpc) is 3.24. The highest BCUT2D eigenvalue weighted by molar-refractivity contribution is 6.05. The molecule has 3 aliphatic heterocycles. The smallest absolute Gasteiger partial charge is 0.255 e. The van der Waals surface area contributed by atoms with E-state index in [1.807, 2.05) is 36.4 Å². The maximum absolute atomic E-state index is 12.8. The Labute approximate surface area is 221 Å². The quantitative estimate of drug-likeness (QED) is 0.474.